The van der Waals surface area contributed by atoms with Gasteiger partial charge in [0.05, 0.1) is 11.1 Å². The van der Waals surface area contributed by atoms with Crippen LogP contribution in [0.1, 0.15) is 38.5 Å². The van der Waals surface area contributed by atoms with Crippen molar-refractivity contribution in [3.8, 4) is 11.3 Å². The van der Waals surface area contributed by atoms with Gasteiger partial charge in [-0.25, -0.2) is 13.8 Å². The van der Waals surface area contributed by atoms with Crippen LogP contribution in [0.15, 0.2) is 23.6 Å². The van der Waals surface area contributed by atoms with Gasteiger partial charge >= 0.3 is 0 Å². The molecule has 0 saturated heterocycles. The Hall–Kier alpha value is -1.82. The number of halogens is 2. The van der Waals surface area contributed by atoms with E-state index in [9.17, 15) is 13.6 Å². The van der Waals surface area contributed by atoms with E-state index < -0.39 is 11.6 Å². The second kappa shape index (κ2) is 5.84. The van der Waals surface area contributed by atoms with E-state index in [1.54, 1.807) is 5.38 Å². The molecule has 4 aliphatic carbocycles. The van der Waals surface area contributed by atoms with Gasteiger partial charge in [-0.2, -0.15) is 0 Å². The second-order valence-corrected chi connectivity index (χ2v) is 9.21. The lowest BCUT2D eigenvalue weighted by atomic mass is 9.49. The maximum Gasteiger partial charge on any atom is 0.232 e. The van der Waals surface area contributed by atoms with Crippen LogP contribution in [0.25, 0.3) is 11.3 Å². The zero-order valence-electron chi connectivity index (χ0n) is 14.3. The van der Waals surface area contributed by atoms with Gasteiger partial charge in [0, 0.05) is 17.0 Å². The number of rotatable bonds is 3. The first-order valence-electron chi connectivity index (χ1n) is 9.22. The Bertz CT molecular complexity index is 823. The lowest BCUT2D eigenvalue weighted by Crippen LogP contribution is -2.51. The highest BCUT2D eigenvalue weighted by Crippen LogP contribution is 2.60. The largest absolute Gasteiger partial charge is 0.301 e. The molecular weight excluding hydrogens is 354 g/mol. The van der Waals surface area contributed by atoms with Crippen LogP contribution in [0.3, 0.4) is 0 Å². The van der Waals surface area contributed by atoms with Gasteiger partial charge in [-0.3, -0.25) is 4.79 Å². The van der Waals surface area contributed by atoms with Crippen molar-refractivity contribution in [2.75, 3.05) is 5.32 Å². The number of benzene rings is 1. The summed E-state index contributed by atoms with van der Waals surface area (Å²) in [5, 5.41) is 5.23. The SMILES string of the molecule is O=C(Nc1nc(-c2cc(F)cc(F)c2)cs1)C12CC3CC(CC(C3)C1)C2. The maximum absolute atomic E-state index is 13.4. The highest BCUT2D eigenvalue weighted by atomic mass is 32.1. The molecule has 1 aromatic heterocycles. The number of carbonyl (C=O) groups is 1. The summed E-state index contributed by atoms with van der Waals surface area (Å²) < 4.78 is 26.8. The Morgan fingerprint density at radius 3 is 2.19 bits per heavy atom. The molecule has 1 heterocycles. The number of amides is 1. The molecule has 4 fully saturated rings. The lowest BCUT2D eigenvalue weighted by molar-refractivity contribution is -0.140. The summed E-state index contributed by atoms with van der Waals surface area (Å²) in [7, 11) is 0. The second-order valence-electron chi connectivity index (χ2n) is 8.35. The Balaban J connectivity index is 1.36. The molecule has 3 nitrogen and oxygen atoms in total. The molecule has 1 aromatic carbocycles. The fraction of sp³-hybridized carbons (Fsp3) is 0.500. The number of hydrogen-bond donors (Lipinski definition) is 1. The highest BCUT2D eigenvalue weighted by molar-refractivity contribution is 7.14. The first-order valence-corrected chi connectivity index (χ1v) is 10.1. The smallest absolute Gasteiger partial charge is 0.232 e. The summed E-state index contributed by atoms with van der Waals surface area (Å²) in [4.78, 5) is 17.4. The van der Waals surface area contributed by atoms with Crippen molar-refractivity contribution in [1.29, 1.82) is 0 Å². The van der Waals surface area contributed by atoms with Crippen molar-refractivity contribution in [1.82, 2.24) is 4.98 Å². The molecule has 0 atom stereocenters. The van der Waals surface area contributed by atoms with Crippen LogP contribution in [0.4, 0.5) is 13.9 Å². The first kappa shape index (κ1) is 16.4. The van der Waals surface area contributed by atoms with Crippen molar-refractivity contribution in [3.63, 3.8) is 0 Å². The normalized spacial score (nSPS) is 32.0. The van der Waals surface area contributed by atoms with E-state index >= 15 is 0 Å². The molecule has 0 radical (unpaired) electrons. The number of aromatic nitrogens is 1. The Kier molecular flexibility index (Phi) is 3.68. The third-order valence-electron chi connectivity index (χ3n) is 6.40. The van der Waals surface area contributed by atoms with Crippen LogP contribution in [-0.2, 0) is 4.79 Å². The quantitative estimate of drug-likeness (QED) is 0.798. The fourth-order valence-corrected chi connectivity index (χ4v) is 6.50. The minimum Gasteiger partial charge on any atom is -0.301 e. The monoisotopic (exact) mass is 374 g/mol. The molecule has 1 amide bonds. The molecule has 2 aromatic rings. The molecule has 4 saturated carbocycles. The molecule has 1 N–H and O–H groups in total. The van der Waals surface area contributed by atoms with Crippen molar-refractivity contribution < 1.29 is 13.6 Å². The van der Waals surface area contributed by atoms with E-state index in [0.717, 1.165) is 25.3 Å². The Labute approximate surface area is 154 Å². The third kappa shape index (κ3) is 2.75. The molecular formula is C20H20F2N2OS. The van der Waals surface area contributed by atoms with Crippen molar-refractivity contribution in [3.05, 3.63) is 35.2 Å². The van der Waals surface area contributed by atoms with Crippen LogP contribution in [0.5, 0.6) is 0 Å². The molecule has 26 heavy (non-hydrogen) atoms. The average Bonchev–Trinajstić information content (AvgIpc) is 3.01. The van der Waals surface area contributed by atoms with Gasteiger partial charge in [0.2, 0.25) is 5.91 Å². The third-order valence-corrected chi connectivity index (χ3v) is 7.16. The average molecular weight is 374 g/mol. The van der Waals surface area contributed by atoms with Crippen LogP contribution < -0.4 is 5.32 Å². The van der Waals surface area contributed by atoms with Gasteiger partial charge in [-0.15, -0.1) is 11.3 Å². The van der Waals surface area contributed by atoms with Crippen LogP contribution >= 0.6 is 11.3 Å². The van der Waals surface area contributed by atoms with Gasteiger partial charge in [-0.1, -0.05) is 0 Å². The zero-order valence-corrected chi connectivity index (χ0v) is 15.1. The summed E-state index contributed by atoms with van der Waals surface area (Å²) in [6.45, 7) is 0. The van der Waals surface area contributed by atoms with E-state index in [4.69, 9.17) is 0 Å². The highest BCUT2D eigenvalue weighted by Gasteiger charge is 2.54. The number of nitrogens with one attached hydrogen (secondary N) is 1. The van der Waals surface area contributed by atoms with Crippen molar-refractivity contribution >= 4 is 22.4 Å². The fourth-order valence-electron chi connectivity index (χ4n) is 5.78. The number of nitrogens with zero attached hydrogens (tertiary/aromatic N) is 1. The van der Waals surface area contributed by atoms with Gasteiger partial charge in [0.25, 0.3) is 0 Å². The van der Waals surface area contributed by atoms with Gasteiger partial charge in [0.1, 0.15) is 11.6 Å². The molecule has 0 unspecified atom stereocenters. The lowest BCUT2D eigenvalue weighted by Gasteiger charge is -2.55. The first-order chi connectivity index (χ1) is 12.5. The maximum atomic E-state index is 13.4. The molecule has 136 valence electrons. The molecule has 4 aliphatic rings. The molecule has 4 bridgehead atoms. The Morgan fingerprint density at radius 2 is 1.62 bits per heavy atom. The van der Waals surface area contributed by atoms with Crippen LogP contribution in [0, 0.1) is 34.8 Å². The summed E-state index contributed by atoms with van der Waals surface area (Å²) in [5.74, 6) is 0.930. The van der Waals surface area contributed by atoms with E-state index in [1.165, 1.54) is 42.7 Å². The summed E-state index contributed by atoms with van der Waals surface area (Å²) in [6.07, 6.45) is 6.87. The van der Waals surface area contributed by atoms with Crippen molar-refractivity contribution in [2.24, 2.45) is 23.2 Å². The van der Waals surface area contributed by atoms with E-state index in [0.29, 0.717) is 34.1 Å². The molecule has 0 aliphatic heterocycles. The Morgan fingerprint density at radius 1 is 1.04 bits per heavy atom. The van der Waals surface area contributed by atoms with Gasteiger partial charge in [-0.05, 0) is 68.4 Å². The minimum absolute atomic E-state index is 0.0860. The van der Waals surface area contributed by atoms with Crippen LogP contribution in [-0.4, -0.2) is 10.9 Å². The molecule has 6 rings (SSSR count). The number of anilines is 1. The predicted octanol–water partition coefficient (Wildman–Crippen LogP) is 5.24. The van der Waals surface area contributed by atoms with Gasteiger partial charge < -0.3 is 5.32 Å². The zero-order chi connectivity index (χ0) is 17.9. The standard InChI is InChI=1S/C20H20F2N2OS/c21-15-4-14(5-16(22)6-15)17-10-26-19(23-17)24-18(25)20-7-11-1-12(8-20)3-13(2-11)9-20/h4-6,10-13H,1-3,7-9H2,(H,23,24,25). The number of thiazole rings is 1. The summed E-state index contributed by atoms with van der Waals surface area (Å²) >= 11 is 1.30. The van der Waals surface area contributed by atoms with Crippen molar-refractivity contribution in [2.45, 2.75) is 38.5 Å². The van der Waals surface area contributed by atoms with E-state index in [2.05, 4.69) is 10.3 Å². The van der Waals surface area contributed by atoms with E-state index in [-0.39, 0.29) is 11.3 Å². The predicted molar refractivity (Wildman–Crippen MR) is 96.7 cm³/mol. The number of hydrogen-bond acceptors (Lipinski definition) is 3. The number of carbonyl (C=O) groups excluding carboxylic acids is 1. The molecule has 0 spiro atoms. The molecule has 6 heteroatoms. The minimum atomic E-state index is -0.632. The van der Waals surface area contributed by atoms with Gasteiger partial charge in [0.15, 0.2) is 5.13 Å². The summed E-state index contributed by atoms with van der Waals surface area (Å²) in [5.41, 5.74) is 0.634. The summed E-state index contributed by atoms with van der Waals surface area (Å²) in [6, 6.07) is 3.34. The van der Waals surface area contributed by atoms with Crippen LogP contribution in [0.2, 0.25) is 0 Å². The van der Waals surface area contributed by atoms with E-state index in [1.807, 2.05) is 0 Å². The topological polar surface area (TPSA) is 42.0 Å².